The number of rotatable bonds is 2. The maximum atomic E-state index is 5.71. The molecule has 0 spiro atoms. The van der Waals surface area contributed by atoms with Gasteiger partial charge in [-0.05, 0) is 43.6 Å². The third-order valence-electron chi connectivity index (χ3n) is 3.34. The molecule has 0 bridgehead atoms. The second kappa shape index (κ2) is 4.67. The van der Waals surface area contributed by atoms with Crippen LogP contribution in [0, 0.1) is 0 Å². The van der Waals surface area contributed by atoms with Gasteiger partial charge in [-0.25, -0.2) is 0 Å². The molecule has 0 aliphatic carbocycles. The smallest absolute Gasteiger partial charge is 0.0348 e. The molecule has 1 aliphatic rings. The molecule has 0 radical (unpaired) electrons. The summed E-state index contributed by atoms with van der Waals surface area (Å²) in [4.78, 5) is 2.56. The third-order valence-corrected chi connectivity index (χ3v) is 3.34. The van der Waals surface area contributed by atoms with Crippen molar-refractivity contribution in [3.05, 3.63) is 29.8 Å². The highest BCUT2D eigenvalue weighted by Crippen LogP contribution is 2.30. The first-order valence-electron chi connectivity index (χ1n) is 5.90. The highest BCUT2D eigenvalue weighted by Gasteiger charge is 2.21. The second-order valence-corrected chi connectivity index (χ2v) is 4.31. The van der Waals surface area contributed by atoms with Crippen LogP contribution in [0.2, 0.25) is 0 Å². The maximum absolute atomic E-state index is 5.71. The van der Waals surface area contributed by atoms with Crippen molar-refractivity contribution in [3.8, 4) is 0 Å². The van der Waals surface area contributed by atoms with Crippen LogP contribution in [0.4, 0.5) is 5.69 Å². The van der Waals surface area contributed by atoms with E-state index >= 15 is 0 Å². The summed E-state index contributed by atoms with van der Waals surface area (Å²) in [5.74, 6) is 0. The van der Waals surface area contributed by atoms with Crippen molar-refractivity contribution >= 4 is 5.69 Å². The number of piperidine rings is 1. The lowest BCUT2D eigenvalue weighted by Gasteiger charge is -2.35. The number of benzene rings is 1. The first-order valence-corrected chi connectivity index (χ1v) is 5.90. The minimum absolute atomic E-state index is 0.615. The average Bonchev–Trinajstić information content (AvgIpc) is 2.30. The van der Waals surface area contributed by atoms with Crippen molar-refractivity contribution < 1.29 is 0 Å². The lowest BCUT2D eigenvalue weighted by atomic mass is 9.95. The minimum Gasteiger partial charge on any atom is -0.399 e. The lowest BCUT2D eigenvalue weighted by Crippen LogP contribution is -2.33. The zero-order chi connectivity index (χ0) is 10.7. The number of nitrogens with two attached hydrogens (primary N) is 1. The summed E-state index contributed by atoms with van der Waals surface area (Å²) in [7, 11) is 0. The van der Waals surface area contributed by atoms with Gasteiger partial charge in [0.25, 0.3) is 0 Å². The van der Waals surface area contributed by atoms with E-state index in [0.717, 1.165) is 12.2 Å². The molecule has 0 saturated carbocycles. The van der Waals surface area contributed by atoms with Crippen LogP contribution in [-0.4, -0.2) is 18.0 Å². The number of nitrogen functional groups attached to an aromatic ring is 1. The van der Waals surface area contributed by atoms with Crippen molar-refractivity contribution in [2.24, 2.45) is 0 Å². The van der Waals surface area contributed by atoms with Crippen molar-refractivity contribution in [2.45, 2.75) is 32.2 Å². The first kappa shape index (κ1) is 10.5. The van der Waals surface area contributed by atoms with E-state index in [4.69, 9.17) is 5.73 Å². The molecule has 82 valence electrons. The first-order chi connectivity index (χ1) is 7.31. The van der Waals surface area contributed by atoms with Gasteiger partial charge in [-0.2, -0.15) is 0 Å². The van der Waals surface area contributed by atoms with Gasteiger partial charge >= 0.3 is 0 Å². The molecule has 2 nitrogen and oxygen atoms in total. The molecule has 15 heavy (non-hydrogen) atoms. The van der Waals surface area contributed by atoms with E-state index in [9.17, 15) is 0 Å². The molecule has 1 aromatic carbocycles. The van der Waals surface area contributed by atoms with E-state index in [1.54, 1.807) is 0 Å². The average molecular weight is 204 g/mol. The molecule has 1 saturated heterocycles. The van der Waals surface area contributed by atoms with Crippen LogP contribution >= 0.6 is 0 Å². The number of likely N-dealkylation sites (tertiary alicyclic amines) is 1. The van der Waals surface area contributed by atoms with Crippen LogP contribution in [0.5, 0.6) is 0 Å². The molecule has 2 N–H and O–H groups in total. The number of hydrogen-bond donors (Lipinski definition) is 1. The summed E-state index contributed by atoms with van der Waals surface area (Å²) in [6.07, 6.45) is 3.99. The summed E-state index contributed by atoms with van der Waals surface area (Å²) in [5.41, 5.74) is 7.99. The van der Waals surface area contributed by atoms with Crippen LogP contribution in [-0.2, 0) is 0 Å². The Bertz CT molecular complexity index is 305. The van der Waals surface area contributed by atoms with E-state index in [2.05, 4.69) is 24.0 Å². The largest absolute Gasteiger partial charge is 0.399 e. The number of hydrogen-bond acceptors (Lipinski definition) is 2. The summed E-state index contributed by atoms with van der Waals surface area (Å²) < 4.78 is 0. The molecule has 1 unspecified atom stereocenters. The fourth-order valence-electron chi connectivity index (χ4n) is 2.47. The van der Waals surface area contributed by atoms with Gasteiger partial charge in [-0.15, -0.1) is 0 Å². The minimum atomic E-state index is 0.615. The van der Waals surface area contributed by atoms with E-state index in [1.807, 2.05) is 12.1 Å². The van der Waals surface area contributed by atoms with E-state index < -0.39 is 0 Å². The van der Waals surface area contributed by atoms with Crippen LogP contribution in [0.15, 0.2) is 24.3 Å². The predicted octanol–water partition coefficient (Wildman–Crippen LogP) is 2.82. The van der Waals surface area contributed by atoms with E-state index in [-0.39, 0.29) is 0 Å². The van der Waals surface area contributed by atoms with Crippen molar-refractivity contribution in [2.75, 3.05) is 18.8 Å². The number of anilines is 1. The van der Waals surface area contributed by atoms with E-state index in [0.29, 0.717) is 6.04 Å². The summed E-state index contributed by atoms with van der Waals surface area (Å²) in [5, 5.41) is 0. The Hall–Kier alpha value is -1.02. The van der Waals surface area contributed by atoms with Gasteiger partial charge in [-0.1, -0.05) is 25.5 Å². The fraction of sp³-hybridized carbons (Fsp3) is 0.538. The van der Waals surface area contributed by atoms with Gasteiger partial charge in [0.15, 0.2) is 0 Å². The number of nitrogens with zero attached hydrogens (tertiary/aromatic N) is 1. The molecule has 1 aliphatic heterocycles. The van der Waals surface area contributed by atoms with Gasteiger partial charge in [0.1, 0.15) is 0 Å². The molecule has 0 aromatic heterocycles. The Labute approximate surface area is 92.1 Å². The van der Waals surface area contributed by atoms with Crippen molar-refractivity contribution in [1.82, 2.24) is 4.90 Å². The van der Waals surface area contributed by atoms with Crippen molar-refractivity contribution in [3.63, 3.8) is 0 Å². The Balaban J connectivity index is 2.16. The zero-order valence-corrected chi connectivity index (χ0v) is 9.45. The monoisotopic (exact) mass is 204 g/mol. The Morgan fingerprint density at radius 2 is 2.00 bits per heavy atom. The standard InChI is InChI=1S/C13H20N2/c1-2-15-10-4-3-5-13(15)11-6-8-12(14)9-7-11/h6-9,13H,2-5,10,14H2,1H3. The molecular formula is C13H20N2. The van der Waals surface area contributed by atoms with Gasteiger partial charge in [0.2, 0.25) is 0 Å². The molecule has 1 aromatic rings. The molecule has 2 rings (SSSR count). The highest BCUT2D eigenvalue weighted by molar-refractivity contribution is 5.40. The van der Waals surface area contributed by atoms with Crippen LogP contribution in [0.3, 0.4) is 0 Å². The Morgan fingerprint density at radius 3 is 2.67 bits per heavy atom. The second-order valence-electron chi connectivity index (χ2n) is 4.31. The van der Waals surface area contributed by atoms with Gasteiger partial charge in [-0.3, -0.25) is 4.90 Å². The summed E-state index contributed by atoms with van der Waals surface area (Å²) in [6, 6.07) is 8.99. The molecule has 0 amide bonds. The van der Waals surface area contributed by atoms with Gasteiger partial charge in [0.05, 0.1) is 0 Å². The van der Waals surface area contributed by atoms with Crippen LogP contribution in [0.1, 0.15) is 37.8 Å². The molecule has 1 atom stereocenters. The Kier molecular flexibility index (Phi) is 3.27. The summed E-state index contributed by atoms with van der Waals surface area (Å²) in [6.45, 7) is 4.64. The zero-order valence-electron chi connectivity index (χ0n) is 9.45. The van der Waals surface area contributed by atoms with E-state index in [1.165, 1.54) is 31.4 Å². The normalized spacial score (nSPS) is 22.9. The highest BCUT2D eigenvalue weighted by atomic mass is 15.2. The summed E-state index contributed by atoms with van der Waals surface area (Å²) >= 11 is 0. The molecule has 1 fully saturated rings. The quantitative estimate of drug-likeness (QED) is 0.751. The van der Waals surface area contributed by atoms with Crippen LogP contribution in [0.25, 0.3) is 0 Å². The SMILES string of the molecule is CCN1CCCCC1c1ccc(N)cc1. The van der Waals surface area contributed by atoms with Gasteiger partial charge < -0.3 is 5.73 Å². The molecule has 1 heterocycles. The topological polar surface area (TPSA) is 29.3 Å². The predicted molar refractivity (Wildman–Crippen MR) is 64.7 cm³/mol. The third kappa shape index (κ3) is 2.32. The van der Waals surface area contributed by atoms with Crippen molar-refractivity contribution in [1.29, 1.82) is 0 Å². The molecular weight excluding hydrogens is 184 g/mol. The maximum Gasteiger partial charge on any atom is 0.0348 e. The fourth-order valence-corrected chi connectivity index (χ4v) is 2.47. The molecule has 2 heteroatoms. The lowest BCUT2D eigenvalue weighted by molar-refractivity contribution is 0.157. The Morgan fingerprint density at radius 1 is 1.27 bits per heavy atom. The van der Waals surface area contributed by atoms with Gasteiger partial charge in [0, 0.05) is 11.7 Å². The van der Waals surface area contributed by atoms with Crippen LogP contribution < -0.4 is 5.73 Å².